The number of esters is 2. The van der Waals surface area contributed by atoms with E-state index in [9.17, 15) is 42.7 Å². The molecule has 4 fully saturated rings. The molecule has 0 spiro atoms. The first-order valence-electron chi connectivity index (χ1n) is 26.2. The predicted octanol–water partition coefficient (Wildman–Crippen LogP) is 5.30. The van der Waals surface area contributed by atoms with Crippen molar-refractivity contribution in [2.24, 2.45) is 5.73 Å². The third-order valence-electron chi connectivity index (χ3n) is 13.4. The van der Waals surface area contributed by atoms with E-state index in [0.717, 1.165) is 0 Å². The second-order valence-corrected chi connectivity index (χ2v) is 19.2. The van der Waals surface area contributed by atoms with Crippen molar-refractivity contribution in [3.8, 4) is 0 Å². The fraction of sp³-hybridized carbons (Fsp3) is 0.400. The van der Waals surface area contributed by atoms with Crippen molar-refractivity contribution in [2.75, 3.05) is 122 Å². The van der Waals surface area contributed by atoms with Crippen LogP contribution in [0.1, 0.15) is 60.7 Å². The summed E-state index contributed by atoms with van der Waals surface area (Å²) < 4.78 is 50.9. The van der Waals surface area contributed by atoms with Crippen LogP contribution in [0.2, 0.25) is 0 Å². The fourth-order valence-electron chi connectivity index (χ4n) is 8.76. The number of amides is 6. The molecular formula is C55H64F2N10O12S. The number of carbonyl (C=O) groups excluding carboxylic acids is 8. The Morgan fingerprint density at radius 3 is 1.35 bits per heavy atom. The normalized spacial score (nSPS) is 16.9. The van der Waals surface area contributed by atoms with Gasteiger partial charge in [-0.15, -0.1) is 0 Å². The molecule has 4 aromatic carbocycles. The van der Waals surface area contributed by atoms with Gasteiger partial charge in [0.15, 0.2) is 13.2 Å². The van der Waals surface area contributed by atoms with E-state index in [2.05, 4.69) is 16.0 Å². The van der Waals surface area contributed by atoms with Gasteiger partial charge in [0.1, 0.15) is 23.8 Å². The number of halogens is 2. The summed E-state index contributed by atoms with van der Waals surface area (Å²) >= 11 is 5.14. The number of ether oxygens (including phenoxy) is 4. The molecule has 4 aromatic rings. The van der Waals surface area contributed by atoms with Crippen LogP contribution in [-0.4, -0.2) is 167 Å². The third-order valence-corrected chi connectivity index (χ3v) is 13.8. The van der Waals surface area contributed by atoms with E-state index >= 15 is 4.39 Å². The van der Waals surface area contributed by atoms with Gasteiger partial charge in [0.2, 0.25) is 11.8 Å². The lowest BCUT2D eigenvalue weighted by molar-refractivity contribution is -0.135. The number of carbonyl (C=O) groups is 8. The lowest BCUT2D eigenvalue weighted by Crippen LogP contribution is -2.50. The molecule has 6 amide bonds. The zero-order valence-corrected chi connectivity index (χ0v) is 45.4. The molecule has 4 aliphatic rings. The Kier molecular flexibility index (Phi) is 20.7. The Balaban J connectivity index is 0.000000232. The summed E-state index contributed by atoms with van der Waals surface area (Å²) in [6, 6.07) is 21.6. The maximum atomic E-state index is 15.1. The molecule has 4 heterocycles. The topological polar surface area (TPSA) is 255 Å². The number of anilines is 6. The number of benzene rings is 4. The highest BCUT2D eigenvalue weighted by atomic mass is 32.1. The number of thiocarbonyl (C=S) groups is 1. The quantitative estimate of drug-likeness (QED) is 0.0560. The molecule has 0 radical (unpaired) electrons. The lowest BCUT2D eigenvalue weighted by Gasteiger charge is -2.36. The Labute approximate surface area is 466 Å². The second-order valence-electron chi connectivity index (χ2n) is 18.7. The van der Waals surface area contributed by atoms with Gasteiger partial charge in [0, 0.05) is 83.1 Å². The van der Waals surface area contributed by atoms with E-state index < -0.39 is 61.2 Å². The summed E-state index contributed by atoms with van der Waals surface area (Å²) in [5, 5.41) is 8.43. The van der Waals surface area contributed by atoms with Crippen molar-refractivity contribution < 1.29 is 66.1 Å². The molecule has 22 nitrogen and oxygen atoms in total. The molecule has 0 aromatic heterocycles. The predicted molar refractivity (Wildman–Crippen MR) is 297 cm³/mol. The van der Waals surface area contributed by atoms with Crippen LogP contribution >= 0.6 is 12.2 Å². The molecule has 426 valence electrons. The van der Waals surface area contributed by atoms with Crippen LogP contribution < -0.4 is 41.3 Å². The average Bonchev–Trinajstić information content (AvgIpc) is 4.07. The highest BCUT2D eigenvalue weighted by molar-refractivity contribution is 7.80. The Bertz CT molecular complexity index is 2920. The molecular weight excluding hydrogens is 1060 g/mol. The van der Waals surface area contributed by atoms with Crippen LogP contribution in [0, 0.1) is 11.6 Å². The number of nitrogens with zero attached hydrogens (tertiary/aromatic N) is 6. The van der Waals surface area contributed by atoms with Gasteiger partial charge in [-0.1, -0.05) is 33.0 Å². The summed E-state index contributed by atoms with van der Waals surface area (Å²) in [7, 11) is 0. The van der Waals surface area contributed by atoms with Gasteiger partial charge in [-0.2, -0.15) is 0 Å². The highest BCUT2D eigenvalue weighted by Crippen LogP contribution is 2.30. The van der Waals surface area contributed by atoms with Crippen LogP contribution in [0.5, 0.6) is 0 Å². The maximum Gasteiger partial charge on any atom is 0.414 e. The Morgan fingerprint density at radius 2 is 0.988 bits per heavy atom. The van der Waals surface area contributed by atoms with Gasteiger partial charge in [-0.3, -0.25) is 29.0 Å². The number of piperazine rings is 2. The van der Waals surface area contributed by atoms with Crippen LogP contribution in [0.4, 0.5) is 52.5 Å². The van der Waals surface area contributed by atoms with Crippen LogP contribution in [0.15, 0.2) is 84.9 Å². The number of hydrogen-bond donors (Lipinski definition) is 4. The smallest absolute Gasteiger partial charge is 0.414 e. The van der Waals surface area contributed by atoms with Crippen molar-refractivity contribution in [1.29, 1.82) is 0 Å². The average molecular weight is 1130 g/mol. The first kappa shape index (κ1) is 59.2. The second kappa shape index (κ2) is 27.9. The molecule has 4 saturated heterocycles. The van der Waals surface area contributed by atoms with E-state index in [0.29, 0.717) is 117 Å². The standard InChI is InChI=1S/C29H34FN5O6S.C26H30FN5O6/c1-3-25(36)32-20-7-5-19(6-8-20)28(38)40-18-27(37)34-13-11-33(12-14-34)24-10-9-21(15-23(24)30)35-17-22(41-29(35)39)16-31-26(42)4-2;1-2-23(33)29-18-5-3-17(4-6-18)25(35)37-16-24(34)31-11-9-30(10-12-31)22-8-7-19(13-21(22)27)32-15-20(14-28)38-26(32)36/h5-10,15,22H,3-4,11-14,16-18H2,1-2H3,(H,31,42)(H,32,36);3-8,13,20H,2,9-12,14-16,28H2,1H3,(H,29,33)/t22-;20-/m00/s1. The molecule has 5 N–H and O–H groups in total. The summed E-state index contributed by atoms with van der Waals surface area (Å²) in [5.41, 5.74) is 8.73. The van der Waals surface area contributed by atoms with Crippen molar-refractivity contribution in [3.05, 3.63) is 108 Å². The molecule has 25 heteroatoms. The molecule has 80 heavy (non-hydrogen) atoms. The fourth-order valence-corrected chi connectivity index (χ4v) is 8.85. The zero-order valence-electron chi connectivity index (χ0n) is 44.6. The molecule has 4 aliphatic heterocycles. The monoisotopic (exact) mass is 1130 g/mol. The molecule has 0 bridgehead atoms. The number of cyclic esters (lactones) is 2. The molecule has 0 unspecified atom stereocenters. The van der Waals surface area contributed by atoms with E-state index in [1.54, 1.807) is 72.2 Å². The summed E-state index contributed by atoms with van der Waals surface area (Å²) in [5.74, 6) is -3.23. The van der Waals surface area contributed by atoms with Crippen LogP contribution in [-0.2, 0) is 38.1 Å². The Hall–Kier alpha value is -8.45. The van der Waals surface area contributed by atoms with Crippen molar-refractivity contribution >= 4 is 99.1 Å². The lowest BCUT2D eigenvalue weighted by atomic mass is 10.2. The van der Waals surface area contributed by atoms with Gasteiger partial charge in [-0.05, 0) is 91.3 Å². The van der Waals surface area contributed by atoms with Crippen LogP contribution in [0.25, 0.3) is 0 Å². The summed E-state index contributed by atoms with van der Waals surface area (Å²) in [6.07, 6.45) is -0.536. The van der Waals surface area contributed by atoms with Gasteiger partial charge in [-0.25, -0.2) is 28.0 Å². The summed E-state index contributed by atoms with van der Waals surface area (Å²) in [6.45, 7) is 8.60. The van der Waals surface area contributed by atoms with Gasteiger partial charge in [0.05, 0.1) is 58.5 Å². The minimum atomic E-state index is -0.647. The minimum Gasteiger partial charge on any atom is -0.452 e. The number of hydrogen-bond acceptors (Lipinski definition) is 16. The molecule has 8 rings (SSSR count). The molecule has 2 atom stereocenters. The van der Waals surface area contributed by atoms with Gasteiger partial charge < -0.3 is 60.2 Å². The molecule has 0 aliphatic carbocycles. The first-order chi connectivity index (χ1) is 38.5. The summed E-state index contributed by atoms with van der Waals surface area (Å²) in [4.78, 5) is 107. The number of nitrogens with two attached hydrogens (primary N) is 1. The third kappa shape index (κ3) is 15.6. The van der Waals surface area contributed by atoms with E-state index in [1.165, 1.54) is 46.2 Å². The van der Waals surface area contributed by atoms with Crippen molar-refractivity contribution in [3.63, 3.8) is 0 Å². The molecule has 0 saturated carbocycles. The van der Waals surface area contributed by atoms with E-state index in [4.69, 9.17) is 36.9 Å². The van der Waals surface area contributed by atoms with Crippen molar-refractivity contribution in [2.45, 2.75) is 52.2 Å². The Morgan fingerprint density at radius 1 is 0.588 bits per heavy atom. The first-order valence-corrected chi connectivity index (χ1v) is 26.6. The largest absolute Gasteiger partial charge is 0.452 e. The van der Waals surface area contributed by atoms with Gasteiger partial charge in [0.25, 0.3) is 11.8 Å². The van der Waals surface area contributed by atoms with E-state index in [-0.39, 0.29) is 54.4 Å². The highest BCUT2D eigenvalue weighted by Gasteiger charge is 2.35. The van der Waals surface area contributed by atoms with Crippen LogP contribution in [0.3, 0.4) is 0 Å². The minimum absolute atomic E-state index is 0.138. The zero-order chi connectivity index (χ0) is 57.5. The van der Waals surface area contributed by atoms with Gasteiger partial charge >= 0.3 is 24.1 Å². The number of nitrogens with one attached hydrogen (secondary N) is 3. The SMILES string of the molecule is CCC(=O)Nc1ccc(C(=O)OCC(=O)N2CCN(c3ccc(N4C[C@H](CN)OC4=O)cc3F)CC2)cc1.CCC(=O)Nc1ccc(C(=O)OCC(=O)N2CCN(c3ccc(N4C[C@H](CNC(=S)CC)OC4=O)cc3F)CC2)cc1. The van der Waals surface area contributed by atoms with Crippen molar-refractivity contribution in [1.82, 2.24) is 15.1 Å². The number of rotatable bonds is 18. The van der Waals surface area contributed by atoms with E-state index in [1.807, 2.05) is 16.7 Å². The maximum absolute atomic E-state index is 15.1.